The Morgan fingerprint density at radius 1 is 0.946 bits per heavy atom. The van der Waals surface area contributed by atoms with Gasteiger partial charge in [-0.15, -0.1) is 0 Å². The van der Waals surface area contributed by atoms with Gasteiger partial charge in [0.15, 0.2) is 28.2 Å². The van der Waals surface area contributed by atoms with Gasteiger partial charge in [-0.2, -0.15) is 8.42 Å². The highest BCUT2D eigenvalue weighted by Gasteiger charge is 2.24. The second-order valence-electron chi connectivity index (χ2n) is 8.39. The van der Waals surface area contributed by atoms with E-state index in [9.17, 15) is 8.42 Å². The van der Waals surface area contributed by atoms with E-state index >= 15 is 0 Å². The average Bonchev–Trinajstić information content (AvgIpc) is 3.23. The molecule has 0 spiro atoms. The molecule has 0 aliphatic rings. The van der Waals surface area contributed by atoms with Crippen LogP contribution in [0.3, 0.4) is 0 Å². The van der Waals surface area contributed by atoms with Gasteiger partial charge in [0.25, 0.3) is 10.0 Å². The van der Waals surface area contributed by atoms with E-state index in [2.05, 4.69) is 25.0 Å². The number of aryl methyl sites for hydroxylation is 1. The Balaban J connectivity index is 1.80. The van der Waals surface area contributed by atoms with Gasteiger partial charge in [-0.25, -0.2) is 15.0 Å². The van der Waals surface area contributed by atoms with Crippen molar-refractivity contribution >= 4 is 38.4 Å². The lowest BCUT2D eigenvalue weighted by Gasteiger charge is -2.17. The molecular weight excluding hydrogens is 498 g/mol. The van der Waals surface area contributed by atoms with Crippen LogP contribution < -0.4 is 24.2 Å². The summed E-state index contributed by atoms with van der Waals surface area (Å²) in [6.45, 7) is 0.478. The monoisotopic (exact) mass is 527 g/mol. The van der Waals surface area contributed by atoms with Crippen LogP contribution >= 0.6 is 0 Å². The second kappa shape index (κ2) is 10.5. The molecule has 0 unspecified atom stereocenters. The van der Waals surface area contributed by atoms with E-state index in [0.717, 1.165) is 0 Å². The number of hydrogen-bond acceptors (Lipinski definition) is 10. The molecule has 37 heavy (non-hydrogen) atoms. The number of nitrogens with zero attached hydrogens (tertiary/aromatic N) is 5. The molecule has 2 aromatic heterocycles. The number of ether oxygens (including phenoxy) is 3. The van der Waals surface area contributed by atoms with Gasteiger partial charge in [0.05, 0.1) is 44.6 Å². The van der Waals surface area contributed by atoms with Crippen molar-refractivity contribution in [1.29, 1.82) is 0 Å². The maximum Gasteiger partial charge on any atom is 0.282 e. The molecular formula is C24H29N7O5S. The highest BCUT2D eigenvalue weighted by atomic mass is 32.2. The summed E-state index contributed by atoms with van der Waals surface area (Å²) >= 11 is 0. The van der Waals surface area contributed by atoms with Crippen LogP contribution in [0.2, 0.25) is 0 Å². The summed E-state index contributed by atoms with van der Waals surface area (Å²) in [4.78, 5) is 15.4. The third kappa shape index (κ3) is 5.52. The first-order chi connectivity index (χ1) is 17.6. The number of sulfonamides is 1. The van der Waals surface area contributed by atoms with Crippen molar-refractivity contribution in [2.75, 3.05) is 45.5 Å². The number of nitrogens with one attached hydrogen (secondary N) is 2. The van der Waals surface area contributed by atoms with E-state index in [-0.39, 0.29) is 16.7 Å². The van der Waals surface area contributed by atoms with E-state index in [1.165, 1.54) is 27.5 Å². The maximum absolute atomic E-state index is 13.4. The zero-order valence-electron chi connectivity index (χ0n) is 21.4. The normalized spacial score (nSPS) is 11.5. The van der Waals surface area contributed by atoms with Crippen molar-refractivity contribution < 1.29 is 22.6 Å². The fraction of sp³-hybridized carbons (Fsp3) is 0.292. The molecule has 0 fully saturated rings. The first-order valence-electron chi connectivity index (χ1n) is 11.2. The highest BCUT2D eigenvalue weighted by Crippen LogP contribution is 2.41. The molecule has 0 atom stereocenters. The molecule has 2 aromatic carbocycles. The molecule has 4 rings (SSSR count). The summed E-state index contributed by atoms with van der Waals surface area (Å²) < 4.78 is 47.3. The number of rotatable bonds is 10. The van der Waals surface area contributed by atoms with Crippen molar-refractivity contribution in [3.63, 3.8) is 0 Å². The highest BCUT2D eigenvalue weighted by molar-refractivity contribution is 7.92. The Morgan fingerprint density at radius 2 is 1.62 bits per heavy atom. The Hall–Kier alpha value is -4.10. The summed E-state index contributed by atoms with van der Waals surface area (Å²) in [6, 6.07) is 10.5. The smallest absolute Gasteiger partial charge is 0.282 e. The number of fused-ring (bicyclic) bond motifs is 1. The van der Waals surface area contributed by atoms with E-state index in [1.807, 2.05) is 25.1 Å². The van der Waals surface area contributed by atoms with Crippen LogP contribution in [0.25, 0.3) is 11.0 Å². The molecule has 0 amide bonds. The molecule has 4 aromatic rings. The minimum absolute atomic E-state index is 0.0117. The third-order valence-corrected chi connectivity index (χ3v) is 6.64. The van der Waals surface area contributed by atoms with Gasteiger partial charge in [-0.05, 0) is 26.2 Å². The van der Waals surface area contributed by atoms with E-state index < -0.39 is 10.0 Å². The number of methoxy groups -OCH3 is 3. The van der Waals surface area contributed by atoms with Gasteiger partial charge in [0.1, 0.15) is 11.6 Å². The molecule has 0 radical (unpaired) electrons. The molecule has 0 saturated heterocycles. The summed E-state index contributed by atoms with van der Waals surface area (Å²) in [5.41, 5.74) is 1.51. The lowest BCUT2D eigenvalue weighted by molar-refractivity contribution is 0.350. The summed E-state index contributed by atoms with van der Waals surface area (Å²) in [5.74, 6) is 2.04. The predicted molar refractivity (Wildman–Crippen MR) is 140 cm³/mol. The van der Waals surface area contributed by atoms with Crippen LogP contribution in [-0.2, 0) is 23.6 Å². The van der Waals surface area contributed by atoms with Crippen LogP contribution in [0.1, 0.15) is 5.82 Å². The van der Waals surface area contributed by atoms with Gasteiger partial charge in [0, 0.05) is 25.4 Å². The van der Waals surface area contributed by atoms with Crippen LogP contribution in [0.15, 0.2) is 47.6 Å². The van der Waals surface area contributed by atoms with Crippen LogP contribution in [-0.4, -0.2) is 68.3 Å². The van der Waals surface area contributed by atoms with Gasteiger partial charge in [-0.1, -0.05) is 12.1 Å². The summed E-state index contributed by atoms with van der Waals surface area (Å²) in [7, 11) is 5.94. The standard InChI is InChI=1S/C24H29N7O5S/c1-30(2)13-20-28-21(14-31(20)3)37(32,33)29-24-23(25-16-9-7-8-10-17(16)26-24)27-18-11-15(34-4)12-19(35-5)22(18)36-6/h7-12,14H,13H2,1-6H3,(H,25,27)(H,26,29). The van der Waals surface area contributed by atoms with Crippen molar-refractivity contribution in [1.82, 2.24) is 24.4 Å². The fourth-order valence-corrected chi connectivity index (χ4v) is 4.67. The van der Waals surface area contributed by atoms with E-state index in [1.54, 1.807) is 41.9 Å². The molecule has 12 nitrogen and oxygen atoms in total. The second-order valence-corrected chi connectivity index (χ2v) is 10.0. The van der Waals surface area contributed by atoms with Crippen LogP contribution in [0.4, 0.5) is 17.3 Å². The third-order valence-electron chi connectivity index (χ3n) is 5.43. The Labute approximate surface area is 215 Å². The lowest BCUT2D eigenvalue weighted by Crippen LogP contribution is -2.17. The minimum atomic E-state index is -4.10. The molecule has 0 saturated carbocycles. The minimum Gasteiger partial charge on any atom is -0.497 e. The zero-order valence-corrected chi connectivity index (χ0v) is 22.3. The Morgan fingerprint density at radius 3 is 2.22 bits per heavy atom. The largest absolute Gasteiger partial charge is 0.497 e. The average molecular weight is 528 g/mol. The van der Waals surface area contributed by atoms with E-state index in [4.69, 9.17) is 14.2 Å². The van der Waals surface area contributed by atoms with Gasteiger partial charge in [-0.3, -0.25) is 4.72 Å². The summed E-state index contributed by atoms with van der Waals surface area (Å²) in [6.07, 6.45) is 1.46. The lowest BCUT2D eigenvalue weighted by atomic mass is 10.2. The Bertz CT molecular complexity index is 1540. The van der Waals surface area contributed by atoms with Gasteiger partial charge < -0.3 is 29.0 Å². The number of anilines is 3. The first kappa shape index (κ1) is 26.0. The Kier molecular flexibility index (Phi) is 7.36. The number of benzene rings is 2. The summed E-state index contributed by atoms with van der Waals surface area (Å²) in [5, 5.41) is 3.00. The fourth-order valence-electron chi connectivity index (χ4n) is 3.65. The molecule has 0 bridgehead atoms. The quantitative estimate of drug-likeness (QED) is 0.317. The maximum atomic E-state index is 13.4. The number of aromatic nitrogens is 4. The molecule has 0 aliphatic heterocycles. The molecule has 2 heterocycles. The van der Waals surface area contributed by atoms with Crippen LogP contribution in [0, 0.1) is 0 Å². The van der Waals surface area contributed by atoms with Gasteiger partial charge >= 0.3 is 0 Å². The predicted octanol–water partition coefficient (Wildman–Crippen LogP) is 3.00. The van der Waals surface area contributed by atoms with Crippen molar-refractivity contribution in [2.45, 2.75) is 11.6 Å². The molecule has 2 N–H and O–H groups in total. The number of imidazole rings is 1. The number of hydrogen-bond donors (Lipinski definition) is 2. The van der Waals surface area contributed by atoms with E-state index in [0.29, 0.717) is 46.3 Å². The molecule has 13 heteroatoms. The zero-order chi connectivity index (χ0) is 26.7. The first-order valence-corrected chi connectivity index (χ1v) is 12.7. The van der Waals surface area contributed by atoms with Crippen LogP contribution in [0.5, 0.6) is 17.2 Å². The number of para-hydroxylation sites is 2. The molecule has 196 valence electrons. The molecule has 0 aliphatic carbocycles. The van der Waals surface area contributed by atoms with Gasteiger partial charge in [0.2, 0.25) is 0 Å². The topological polar surface area (TPSA) is 133 Å². The SMILES string of the molecule is COc1cc(Nc2nc3ccccc3nc2NS(=O)(=O)c2cn(C)c(CN(C)C)n2)c(OC)c(OC)c1. The van der Waals surface area contributed by atoms with Crippen molar-refractivity contribution in [2.24, 2.45) is 7.05 Å². The van der Waals surface area contributed by atoms with Crippen molar-refractivity contribution in [3.05, 3.63) is 48.4 Å². The van der Waals surface area contributed by atoms with Crippen molar-refractivity contribution in [3.8, 4) is 17.2 Å².